The van der Waals surface area contributed by atoms with Crippen molar-refractivity contribution in [3.05, 3.63) is 47.7 Å². The van der Waals surface area contributed by atoms with Crippen molar-refractivity contribution in [1.29, 1.82) is 0 Å². The second-order valence-corrected chi connectivity index (χ2v) is 5.10. The predicted molar refractivity (Wildman–Crippen MR) is 78.0 cm³/mol. The van der Waals surface area contributed by atoms with Crippen molar-refractivity contribution < 1.29 is 9.32 Å². The smallest absolute Gasteiger partial charge is 0.270 e. The molecule has 0 spiro atoms. The van der Waals surface area contributed by atoms with Gasteiger partial charge in [0.15, 0.2) is 5.82 Å². The first-order valence-corrected chi connectivity index (χ1v) is 6.73. The Labute approximate surface area is 121 Å². The number of fused-ring (bicyclic) bond motifs is 1. The van der Waals surface area contributed by atoms with Gasteiger partial charge in [0, 0.05) is 30.9 Å². The van der Waals surface area contributed by atoms with Crippen molar-refractivity contribution in [2.24, 2.45) is 0 Å². The van der Waals surface area contributed by atoms with E-state index in [-0.39, 0.29) is 5.91 Å². The lowest BCUT2D eigenvalue weighted by molar-refractivity contribution is 0.0791. The molecule has 0 saturated heterocycles. The standard InChI is InChI=1S/C15H16N4O2/c1-10-3-4-12-11(7-10)8-13(17-12)15(20)19(2)6-5-14-16-9-21-18-14/h3-4,7-9,17H,5-6H2,1-2H3. The summed E-state index contributed by atoms with van der Waals surface area (Å²) in [4.78, 5) is 21.1. The zero-order chi connectivity index (χ0) is 14.8. The van der Waals surface area contributed by atoms with Gasteiger partial charge in [0.2, 0.25) is 6.39 Å². The molecule has 0 saturated carbocycles. The molecule has 6 nitrogen and oxygen atoms in total. The number of carbonyl (C=O) groups is 1. The molecular formula is C15H16N4O2. The fraction of sp³-hybridized carbons (Fsp3) is 0.267. The summed E-state index contributed by atoms with van der Waals surface area (Å²) in [6, 6.07) is 7.95. The molecular weight excluding hydrogens is 268 g/mol. The number of nitrogens with one attached hydrogen (secondary N) is 1. The average Bonchev–Trinajstić information content (AvgIpc) is 3.12. The molecule has 2 heterocycles. The van der Waals surface area contributed by atoms with Gasteiger partial charge < -0.3 is 14.4 Å². The van der Waals surface area contributed by atoms with Crippen molar-refractivity contribution in [1.82, 2.24) is 20.0 Å². The Kier molecular flexibility index (Phi) is 3.43. The number of benzene rings is 1. The van der Waals surface area contributed by atoms with Crippen LogP contribution in [0.3, 0.4) is 0 Å². The number of aromatic amines is 1. The van der Waals surface area contributed by atoms with Gasteiger partial charge in [0.25, 0.3) is 5.91 Å². The molecule has 0 radical (unpaired) electrons. The van der Waals surface area contributed by atoms with Crippen LogP contribution in [-0.2, 0) is 6.42 Å². The Bertz CT molecular complexity index is 761. The van der Waals surface area contributed by atoms with Gasteiger partial charge in [-0.15, -0.1) is 0 Å². The molecule has 3 rings (SSSR count). The van der Waals surface area contributed by atoms with E-state index in [1.807, 2.05) is 25.1 Å². The third-order valence-electron chi connectivity index (χ3n) is 3.43. The minimum absolute atomic E-state index is 0.0488. The number of hydrogen-bond donors (Lipinski definition) is 1. The third-order valence-corrected chi connectivity index (χ3v) is 3.43. The van der Waals surface area contributed by atoms with Crippen LogP contribution in [0.25, 0.3) is 10.9 Å². The van der Waals surface area contributed by atoms with Crippen LogP contribution >= 0.6 is 0 Å². The number of aromatic nitrogens is 3. The number of nitrogens with zero attached hydrogens (tertiary/aromatic N) is 3. The van der Waals surface area contributed by atoms with Crippen molar-refractivity contribution in [3.8, 4) is 0 Å². The summed E-state index contributed by atoms with van der Waals surface area (Å²) >= 11 is 0. The first-order valence-electron chi connectivity index (χ1n) is 6.73. The number of hydrogen-bond acceptors (Lipinski definition) is 4. The van der Waals surface area contributed by atoms with Crippen LogP contribution in [0.5, 0.6) is 0 Å². The number of aryl methyl sites for hydroxylation is 1. The Morgan fingerprint density at radius 2 is 2.24 bits per heavy atom. The molecule has 3 aromatic rings. The van der Waals surface area contributed by atoms with Crippen LogP contribution in [0.15, 0.2) is 35.2 Å². The maximum atomic E-state index is 12.4. The minimum atomic E-state index is -0.0488. The van der Waals surface area contributed by atoms with E-state index in [2.05, 4.69) is 25.7 Å². The predicted octanol–water partition coefficient (Wildman–Crippen LogP) is 2.17. The average molecular weight is 284 g/mol. The molecule has 1 aromatic carbocycles. The summed E-state index contributed by atoms with van der Waals surface area (Å²) < 4.78 is 4.67. The van der Waals surface area contributed by atoms with Crippen LogP contribution in [0.4, 0.5) is 0 Å². The SMILES string of the molecule is Cc1ccc2[nH]c(C(=O)N(C)CCc3ncon3)cc2c1. The van der Waals surface area contributed by atoms with Gasteiger partial charge in [0.05, 0.1) is 0 Å². The van der Waals surface area contributed by atoms with Gasteiger partial charge in [-0.05, 0) is 25.1 Å². The van der Waals surface area contributed by atoms with Gasteiger partial charge >= 0.3 is 0 Å². The highest BCUT2D eigenvalue weighted by molar-refractivity contribution is 5.98. The summed E-state index contributed by atoms with van der Waals surface area (Å²) in [6.07, 6.45) is 1.86. The maximum absolute atomic E-state index is 12.4. The number of rotatable bonds is 4. The Hall–Kier alpha value is -2.63. The fourth-order valence-corrected chi connectivity index (χ4v) is 2.24. The van der Waals surface area contributed by atoms with E-state index in [4.69, 9.17) is 0 Å². The minimum Gasteiger partial charge on any atom is -0.351 e. The van der Waals surface area contributed by atoms with Gasteiger partial charge in [-0.25, -0.2) is 0 Å². The molecule has 0 unspecified atom stereocenters. The lowest BCUT2D eigenvalue weighted by Crippen LogP contribution is -2.29. The lowest BCUT2D eigenvalue weighted by Gasteiger charge is -2.14. The van der Waals surface area contributed by atoms with E-state index in [0.717, 1.165) is 10.9 Å². The lowest BCUT2D eigenvalue weighted by atomic mass is 10.2. The van der Waals surface area contributed by atoms with Gasteiger partial charge in [-0.3, -0.25) is 4.79 Å². The molecule has 21 heavy (non-hydrogen) atoms. The summed E-state index contributed by atoms with van der Waals surface area (Å²) in [5.74, 6) is 0.550. The first-order chi connectivity index (χ1) is 10.1. The van der Waals surface area contributed by atoms with Crippen LogP contribution in [0, 0.1) is 6.92 Å². The molecule has 0 atom stereocenters. The molecule has 1 N–H and O–H groups in total. The van der Waals surface area contributed by atoms with E-state index >= 15 is 0 Å². The Balaban J connectivity index is 1.73. The molecule has 2 aromatic heterocycles. The Morgan fingerprint density at radius 3 is 3.00 bits per heavy atom. The summed E-state index contributed by atoms with van der Waals surface area (Å²) in [6.45, 7) is 2.57. The topological polar surface area (TPSA) is 75.0 Å². The van der Waals surface area contributed by atoms with E-state index in [0.29, 0.717) is 24.5 Å². The number of likely N-dealkylation sites (N-methyl/N-ethyl adjacent to an activating group) is 1. The van der Waals surface area contributed by atoms with Crippen molar-refractivity contribution >= 4 is 16.8 Å². The zero-order valence-electron chi connectivity index (χ0n) is 12.0. The van der Waals surface area contributed by atoms with E-state index in [1.165, 1.54) is 12.0 Å². The largest absolute Gasteiger partial charge is 0.351 e. The summed E-state index contributed by atoms with van der Waals surface area (Å²) in [5, 5.41) is 4.78. The molecule has 0 aliphatic rings. The first kappa shape index (κ1) is 13.4. The van der Waals surface area contributed by atoms with Crippen LogP contribution in [0.2, 0.25) is 0 Å². The second-order valence-electron chi connectivity index (χ2n) is 5.10. The highest BCUT2D eigenvalue weighted by Crippen LogP contribution is 2.17. The number of carbonyl (C=O) groups excluding carboxylic acids is 1. The molecule has 108 valence electrons. The zero-order valence-corrected chi connectivity index (χ0v) is 12.0. The molecule has 6 heteroatoms. The monoisotopic (exact) mass is 284 g/mol. The normalized spacial score (nSPS) is 11.0. The van der Waals surface area contributed by atoms with Crippen molar-refractivity contribution in [3.63, 3.8) is 0 Å². The molecule has 0 aliphatic carbocycles. The molecule has 0 bridgehead atoms. The second kappa shape index (κ2) is 5.40. The third kappa shape index (κ3) is 2.79. The van der Waals surface area contributed by atoms with Crippen LogP contribution in [0.1, 0.15) is 21.9 Å². The van der Waals surface area contributed by atoms with Gasteiger partial charge in [-0.1, -0.05) is 16.8 Å². The maximum Gasteiger partial charge on any atom is 0.270 e. The van der Waals surface area contributed by atoms with E-state index in [9.17, 15) is 4.79 Å². The number of amides is 1. The van der Waals surface area contributed by atoms with Crippen molar-refractivity contribution in [2.75, 3.05) is 13.6 Å². The van der Waals surface area contributed by atoms with E-state index in [1.54, 1.807) is 11.9 Å². The number of H-pyrrole nitrogens is 1. The Morgan fingerprint density at radius 1 is 1.38 bits per heavy atom. The molecule has 1 amide bonds. The molecule has 0 fully saturated rings. The van der Waals surface area contributed by atoms with Crippen LogP contribution in [-0.4, -0.2) is 39.5 Å². The fourth-order valence-electron chi connectivity index (χ4n) is 2.24. The van der Waals surface area contributed by atoms with Gasteiger partial charge in [0.1, 0.15) is 5.69 Å². The van der Waals surface area contributed by atoms with Crippen molar-refractivity contribution in [2.45, 2.75) is 13.3 Å². The highest BCUT2D eigenvalue weighted by atomic mass is 16.5. The van der Waals surface area contributed by atoms with E-state index < -0.39 is 0 Å². The quantitative estimate of drug-likeness (QED) is 0.796. The van der Waals surface area contributed by atoms with Gasteiger partial charge in [-0.2, -0.15) is 4.98 Å². The highest BCUT2D eigenvalue weighted by Gasteiger charge is 2.15. The summed E-state index contributed by atoms with van der Waals surface area (Å²) in [5.41, 5.74) is 2.73. The molecule has 0 aliphatic heterocycles. The van der Waals surface area contributed by atoms with Crippen LogP contribution < -0.4 is 0 Å². The summed E-state index contributed by atoms with van der Waals surface area (Å²) in [7, 11) is 1.76.